The molecule has 0 radical (unpaired) electrons. The van der Waals surface area contributed by atoms with Crippen LogP contribution in [-0.2, 0) is 13.0 Å². The number of amides is 2. The van der Waals surface area contributed by atoms with Gasteiger partial charge in [-0.3, -0.25) is 0 Å². The first kappa shape index (κ1) is 9.10. The smallest absolute Gasteiger partial charge is 0.318 e. The third kappa shape index (κ3) is 7.24. The van der Waals surface area contributed by atoms with Gasteiger partial charge in [0.2, 0.25) is 0 Å². The number of halogens is 1. The molecule has 31 heavy (non-hydrogen) atoms. The lowest BCUT2D eigenvalue weighted by Gasteiger charge is -2.37. The van der Waals surface area contributed by atoms with Gasteiger partial charge in [-0.1, -0.05) is 37.9 Å². The van der Waals surface area contributed by atoms with Crippen molar-refractivity contribution >= 4 is 6.03 Å². The highest BCUT2D eigenvalue weighted by atomic mass is 19.1. The zero-order chi connectivity index (χ0) is 37.7. The summed E-state index contributed by atoms with van der Waals surface area (Å²) in [5, 5.41) is 2.46. The lowest BCUT2D eigenvalue weighted by Crippen LogP contribution is -2.49. The molecule has 0 aromatic heterocycles. The molecule has 0 atom stereocenters. The highest BCUT2D eigenvalue weighted by Gasteiger charge is 2.27. The summed E-state index contributed by atoms with van der Waals surface area (Å²) in [6.07, 6.45) is -0.126. The van der Waals surface area contributed by atoms with Crippen LogP contribution in [0, 0.1) is 11.7 Å². The average Bonchev–Trinajstić information content (AvgIpc) is 2.96. The number of urea groups is 1. The topological polar surface area (TPSA) is 44.8 Å². The lowest BCUT2D eigenvalue weighted by molar-refractivity contribution is 0.127. The van der Waals surface area contributed by atoms with Gasteiger partial charge in [0.15, 0.2) is 0 Å². The Morgan fingerprint density at radius 2 is 2.00 bits per heavy atom. The SMILES string of the molecule is [2H]c1c([2H])c(C([2H])([2H])N(C(=O)NCc2ccc(OC([2H])([2H])C([2H])(C([2H])([2H])[2H])C([2H])([2H])[2H])cc2)C2CCN(C([2H])([2H])[2H])CC2)c([2H])c([2H])c1F. The number of nitrogens with one attached hydrogen (secondary N) is 1. The first-order valence-corrected chi connectivity index (χ1v) is 9.46. The molecule has 2 aromatic rings. The summed E-state index contributed by atoms with van der Waals surface area (Å²) in [5.74, 6) is -5.54. The van der Waals surface area contributed by atoms with Crippen molar-refractivity contribution in [2.24, 2.45) is 5.89 Å². The molecule has 0 saturated carbocycles. The zero-order valence-corrected chi connectivity index (χ0v) is 16.5. The number of ether oxygens (including phenoxy) is 1. The van der Waals surface area contributed by atoms with Gasteiger partial charge in [0.25, 0.3) is 0 Å². The van der Waals surface area contributed by atoms with Crippen LogP contribution in [0.5, 0.6) is 5.75 Å². The standard InChI is InChI=1S/C25H34FN3O2/c1-19(2)18-31-24-10-6-20(7-11-24)16-27-25(30)29(23-12-14-28(3)15-13-23)17-21-4-8-22(26)9-5-21/h4-11,19,23H,12-18H2,1-3H3,(H,27,30)/i1D3,2D3,3D3,4D,5D,8D,9D,17D2,18D2,19D. The number of carbonyl (C=O) groups is 1. The minimum Gasteiger partial charge on any atom is -0.493 e. The van der Waals surface area contributed by atoms with Crippen molar-refractivity contribution in [2.75, 3.05) is 26.6 Å². The molecule has 2 amide bonds. The fraction of sp³-hybridized carbons (Fsp3) is 0.480. The van der Waals surface area contributed by atoms with Crippen LogP contribution in [-0.4, -0.2) is 48.5 Å². The third-order valence-electron chi connectivity index (χ3n) is 4.51. The van der Waals surface area contributed by atoms with Gasteiger partial charge in [-0.25, -0.2) is 9.18 Å². The van der Waals surface area contributed by atoms with E-state index in [0.29, 0.717) is 4.90 Å². The Morgan fingerprint density at radius 3 is 2.65 bits per heavy atom. The van der Waals surface area contributed by atoms with Crippen LogP contribution in [0.1, 0.15) is 62.3 Å². The van der Waals surface area contributed by atoms with Crippen LogP contribution in [0.25, 0.3) is 0 Å². The quantitative estimate of drug-likeness (QED) is 0.642. The zero-order valence-electron chi connectivity index (χ0n) is 34.5. The molecule has 1 fully saturated rings. The van der Waals surface area contributed by atoms with E-state index in [2.05, 4.69) is 5.32 Å². The highest BCUT2D eigenvalue weighted by Crippen LogP contribution is 2.19. The second kappa shape index (κ2) is 11.1. The molecule has 0 aliphatic carbocycles. The summed E-state index contributed by atoms with van der Waals surface area (Å²) in [4.78, 5) is 15.5. The minimum atomic E-state index is -3.68. The van der Waals surface area contributed by atoms with Crippen LogP contribution in [0.15, 0.2) is 48.4 Å². The fourth-order valence-corrected chi connectivity index (χ4v) is 2.95. The molecule has 2 aromatic carbocycles. The Hall–Kier alpha value is -2.60. The largest absolute Gasteiger partial charge is 0.493 e. The Morgan fingerprint density at radius 1 is 1.29 bits per heavy atom. The summed E-state index contributed by atoms with van der Waals surface area (Å²) in [5.41, 5.74) is -0.624. The molecular formula is C25H34FN3O2. The number of likely N-dealkylation sites (tertiary alicyclic amines) is 1. The van der Waals surface area contributed by atoms with Gasteiger partial charge in [-0.2, -0.15) is 0 Å². The van der Waals surface area contributed by atoms with E-state index in [0.717, 1.165) is 17.0 Å². The van der Waals surface area contributed by atoms with E-state index < -0.39 is 87.3 Å². The summed E-state index contributed by atoms with van der Waals surface area (Å²) in [6, 6.07) is -1.74. The van der Waals surface area contributed by atoms with Crippen LogP contribution < -0.4 is 10.1 Å². The Labute approximate surface area is 210 Å². The molecule has 1 N–H and O–H groups in total. The molecule has 3 rings (SSSR count). The first-order valence-electron chi connectivity index (χ1n) is 18.5. The van der Waals surface area contributed by atoms with E-state index in [4.69, 9.17) is 29.4 Å². The molecular weight excluding hydrogens is 393 g/mol. The van der Waals surface area contributed by atoms with Gasteiger partial charge < -0.3 is 19.9 Å². The molecule has 1 saturated heterocycles. The third-order valence-corrected chi connectivity index (χ3v) is 4.51. The normalized spacial score (nSPS) is 26.1. The molecule has 0 spiro atoms. The average molecular weight is 446 g/mol. The lowest BCUT2D eigenvalue weighted by atomic mass is 10.0. The summed E-state index contributed by atoms with van der Waals surface area (Å²) >= 11 is 0. The number of rotatable bonds is 8. The first-order chi connectivity index (χ1) is 22.1. The summed E-state index contributed by atoms with van der Waals surface area (Å²) in [7, 11) is 0. The van der Waals surface area contributed by atoms with Gasteiger partial charge in [0.1, 0.15) is 11.6 Å². The second-order valence-electron chi connectivity index (χ2n) is 6.77. The van der Waals surface area contributed by atoms with E-state index in [1.165, 1.54) is 12.1 Å². The van der Waals surface area contributed by atoms with Crippen molar-refractivity contribution in [2.45, 2.75) is 45.6 Å². The van der Waals surface area contributed by atoms with Crippen molar-refractivity contribution in [3.8, 4) is 5.75 Å². The predicted molar refractivity (Wildman–Crippen MR) is 121 cm³/mol. The van der Waals surface area contributed by atoms with Gasteiger partial charge in [-0.15, -0.1) is 0 Å². The fourth-order valence-electron chi connectivity index (χ4n) is 2.95. The van der Waals surface area contributed by atoms with Crippen molar-refractivity contribution in [1.29, 1.82) is 0 Å². The monoisotopic (exact) mass is 445 g/mol. The van der Waals surface area contributed by atoms with E-state index in [1.807, 2.05) is 0 Å². The maximum atomic E-state index is 14.3. The molecule has 0 bridgehead atoms. The van der Waals surface area contributed by atoms with Gasteiger partial charge in [-0.05, 0) is 74.1 Å². The van der Waals surface area contributed by atoms with E-state index in [9.17, 15) is 9.18 Å². The maximum Gasteiger partial charge on any atom is 0.318 e. The number of benzene rings is 2. The Bertz CT molecular complexity index is 1480. The van der Waals surface area contributed by atoms with E-state index >= 15 is 0 Å². The Balaban J connectivity index is 1.91. The van der Waals surface area contributed by atoms with Crippen molar-refractivity contribution < 1.29 is 38.6 Å². The summed E-state index contributed by atoms with van der Waals surface area (Å²) < 4.78 is 161. The molecule has 168 valence electrons. The van der Waals surface area contributed by atoms with Gasteiger partial charge >= 0.3 is 6.03 Å². The van der Waals surface area contributed by atoms with Crippen molar-refractivity contribution in [1.82, 2.24) is 15.1 Å². The molecule has 6 heteroatoms. The predicted octanol–water partition coefficient (Wildman–Crippen LogP) is 4.67. The highest BCUT2D eigenvalue weighted by molar-refractivity contribution is 5.74. The van der Waals surface area contributed by atoms with Crippen LogP contribution >= 0.6 is 0 Å². The molecule has 1 aliphatic heterocycles. The number of hydrogen-bond acceptors (Lipinski definition) is 3. The molecule has 1 aliphatic rings. The van der Waals surface area contributed by atoms with Crippen LogP contribution in [0.4, 0.5) is 9.18 Å². The van der Waals surface area contributed by atoms with E-state index in [-0.39, 0.29) is 43.8 Å². The van der Waals surface area contributed by atoms with Gasteiger partial charge in [0, 0.05) is 32.8 Å². The van der Waals surface area contributed by atoms with Crippen molar-refractivity contribution in [3.63, 3.8) is 0 Å². The summed E-state index contributed by atoms with van der Waals surface area (Å²) in [6.45, 7) is -16.8. The molecule has 0 unspecified atom stereocenters. The van der Waals surface area contributed by atoms with Crippen LogP contribution in [0.3, 0.4) is 0 Å². The maximum absolute atomic E-state index is 14.3. The van der Waals surface area contributed by atoms with E-state index in [1.54, 1.807) is 0 Å². The number of nitrogens with zero attached hydrogens (tertiary/aromatic N) is 2. The van der Waals surface area contributed by atoms with Crippen molar-refractivity contribution in [3.05, 3.63) is 65.4 Å². The van der Waals surface area contributed by atoms with Gasteiger partial charge in [0.05, 0.1) is 17.5 Å². The second-order valence-corrected chi connectivity index (χ2v) is 6.77. The number of piperidine rings is 1. The number of hydrogen-bond donors (Lipinski definition) is 1. The molecule has 5 nitrogen and oxygen atoms in total. The number of carbonyl (C=O) groups excluding carboxylic acids is 1. The Kier molecular flexibility index (Phi) is 3.27. The van der Waals surface area contributed by atoms with Crippen LogP contribution in [0.2, 0.25) is 0 Å². The molecule has 1 heterocycles. The minimum absolute atomic E-state index is 0.0628.